The Bertz CT molecular complexity index is 898. The molecule has 1 fully saturated rings. The summed E-state index contributed by atoms with van der Waals surface area (Å²) in [7, 11) is 0. The summed E-state index contributed by atoms with van der Waals surface area (Å²) in [4.78, 5) is 10.7. The summed E-state index contributed by atoms with van der Waals surface area (Å²) in [6.07, 6.45) is 3.98. The molecule has 1 aliphatic carbocycles. The van der Waals surface area contributed by atoms with E-state index in [4.69, 9.17) is 4.74 Å². The number of ether oxygens (including phenoxy) is 1. The van der Waals surface area contributed by atoms with Crippen molar-refractivity contribution in [2.75, 3.05) is 0 Å². The summed E-state index contributed by atoms with van der Waals surface area (Å²) in [6, 6.07) is 15.4. The summed E-state index contributed by atoms with van der Waals surface area (Å²) in [5.41, 5.74) is 2.87. The molecule has 152 valence electrons. The summed E-state index contributed by atoms with van der Waals surface area (Å²) in [5, 5.41) is 31.7. The van der Waals surface area contributed by atoms with Crippen LogP contribution in [0.25, 0.3) is 0 Å². The fourth-order valence-electron chi connectivity index (χ4n) is 4.58. The molecule has 2 aromatic rings. The third-order valence-corrected chi connectivity index (χ3v) is 5.97. The zero-order valence-electron chi connectivity index (χ0n) is 17.1. The summed E-state index contributed by atoms with van der Waals surface area (Å²) in [5.74, 6) is -0.325. The van der Waals surface area contributed by atoms with E-state index in [1.165, 1.54) is 0 Å². The first-order valence-corrected chi connectivity index (χ1v) is 10.1. The largest absolute Gasteiger partial charge is 1.00 e. The first-order chi connectivity index (χ1) is 14.0. The van der Waals surface area contributed by atoms with Gasteiger partial charge in [-0.3, -0.25) is 0 Å². The number of carboxylic acid groups (broad SMARTS) is 1. The van der Waals surface area contributed by atoms with Gasteiger partial charge in [0.05, 0.1) is 12.2 Å². The van der Waals surface area contributed by atoms with Crippen LogP contribution < -0.4 is 39.4 Å². The summed E-state index contributed by atoms with van der Waals surface area (Å²) in [6.45, 7) is 0. The predicted octanol–water partition coefficient (Wildman–Crippen LogP) is -0.722. The number of para-hydroxylation sites is 1. The van der Waals surface area contributed by atoms with Gasteiger partial charge in [0.1, 0.15) is 11.9 Å². The van der Waals surface area contributed by atoms with Crippen LogP contribution in [0.15, 0.2) is 60.7 Å². The summed E-state index contributed by atoms with van der Waals surface area (Å²) < 4.78 is 6.19. The first kappa shape index (κ1) is 23.0. The van der Waals surface area contributed by atoms with E-state index in [0.29, 0.717) is 19.3 Å². The average molecular weight is 416 g/mol. The topological polar surface area (TPSA) is 89.8 Å². The van der Waals surface area contributed by atoms with Crippen molar-refractivity contribution in [3.8, 4) is 5.75 Å². The van der Waals surface area contributed by atoms with Gasteiger partial charge in [-0.15, -0.1) is 0 Å². The molecule has 5 unspecified atom stereocenters. The van der Waals surface area contributed by atoms with Crippen LogP contribution in [0.1, 0.15) is 48.0 Å². The van der Waals surface area contributed by atoms with Crippen LogP contribution in [-0.4, -0.2) is 28.4 Å². The number of hydrogen-bond acceptors (Lipinski definition) is 5. The average Bonchev–Trinajstić information content (AvgIpc) is 3.22. The number of aliphatic carboxylic acids is 1. The number of benzene rings is 2. The molecule has 4 rings (SSSR count). The van der Waals surface area contributed by atoms with Crippen LogP contribution in [0.4, 0.5) is 0 Å². The van der Waals surface area contributed by atoms with E-state index in [0.717, 1.165) is 22.4 Å². The van der Waals surface area contributed by atoms with Crippen molar-refractivity contribution in [3.63, 3.8) is 0 Å². The molecule has 1 aliphatic heterocycles. The van der Waals surface area contributed by atoms with Crippen LogP contribution in [-0.2, 0) is 11.2 Å². The van der Waals surface area contributed by atoms with Crippen molar-refractivity contribution in [1.29, 1.82) is 0 Å². The van der Waals surface area contributed by atoms with Crippen LogP contribution >= 0.6 is 0 Å². The van der Waals surface area contributed by atoms with E-state index in [9.17, 15) is 20.1 Å². The molecule has 0 spiro atoms. The standard InChI is InChI=1S/C24H26O5.Na/c25-19(15-6-2-1-3-7-15)13-12-17-20(26)14-21-23(17)18-10-4-8-16(24(18)29-21)9-5-11-22(27)28;/h1-4,6-8,10,12-13,17,19-21,23,25-26H,5,9,11,14H2,(H,27,28);/q;+1/p-1/b13-12+;. The van der Waals surface area contributed by atoms with E-state index < -0.39 is 18.2 Å². The minimum Gasteiger partial charge on any atom is -0.550 e. The molecule has 2 N–H and O–H groups in total. The van der Waals surface area contributed by atoms with Gasteiger partial charge in [-0.25, -0.2) is 0 Å². The van der Waals surface area contributed by atoms with Gasteiger partial charge in [0.2, 0.25) is 0 Å². The number of aliphatic hydroxyl groups excluding tert-OH is 2. The van der Waals surface area contributed by atoms with Gasteiger partial charge in [0, 0.05) is 29.8 Å². The number of carboxylic acids is 1. The second-order valence-corrected chi connectivity index (χ2v) is 7.86. The molecule has 1 saturated carbocycles. The summed E-state index contributed by atoms with van der Waals surface area (Å²) >= 11 is 0. The Morgan fingerprint density at radius 2 is 1.97 bits per heavy atom. The number of carbonyl (C=O) groups is 1. The normalized spacial score (nSPS) is 25.3. The SMILES string of the molecule is O=C([O-])CCCc1cccc2c1OC1CC(O)C(/C=C/C(O)c3ccccc3)C21.[Na+]. The van der Waals surface area contributed by atoms with E-state index in [1.54, 1.807) is 6.08 Å². The second-order valence-electron chi connectivity index (χ2n) is 7.86. The van der Waals surface area contributed by atoms with Crippen LogP contribution in [0.2, 0.25) is 0 Å². The second kappa shape index (κ2) is 10.1. The molecule has 0 radical (unpaired) electrons. The first-order valence-electron chi connectivity index (χ1n) is 10.1. The molecule has 6 heteroatoms. The smallest absolute Gasteiger partial charge is 0.550 e. The third-order valence-electron chi connectivity index (χ3n) is 5.97. The maximum absolute atomic E-state index is 10.7. The Balaban J connectivity index is 0.00000256. The minimum absolute atomic E-state index is 0. The quantitative estimate of drug-likeness (QED) is 0.459. The van der Waals surface area contributed by atoms with Crippen LogP contribution in [0.3, 0.4) is 0 Å². The van der Waals surface area contributed by atoms with Gasteiger partial charge in [0.15, 0.2) is 0 Å². The number of fused-ring (bicyclic) bond motifs is 3. The number of carbonyl (C=O) groups excluding carboxylic acids is 1. The van der Waals surface area contributed by atoms with Gasteiger partial charge in [-0.05, 0) is 30.4 Å². The molecule has 5 nitrogen and oxygen atoms in total. The zero-order chi connectivity index (χ0) is 20.4. The molecule has 30 heavy (non-hydrogen) atoms. The van der Waals surface area contributed by atoms with Gasteiger partial charge >= 0.3 is 29.6 Å². The Labute approximate surface area is 198 Å². The molecule has 0 saturated heterocycles. The number of aliphatic hydroxyl groups is 2. The van der Waals surface area contributed by atoms with Crippen molar-refractivity contribution in [2.45, 2.75) is 49.9 Å². The van der Waals surface area contributed by atoms with E-state index in [1.807, 2.05) is 54.6 Å². The molecule has 0 bridgehead atoms. The zero-order valence-corrected chi connectivity index (χ0v) is 19.1. The van der Waals surface area contributed by atoms with Gasteiger partial charge in [0.25, 0.3) is 0 Å². The number of rotatable bonds is 7. The predicted molar refractivity (Wildman–Crippen MR) is 106 cm³/mol. The van der Waals surface area contributed by atoms with Crippen LogP contribution in [0, 0.1) is 5.92 Å². The molecular formula is C24H25NaO5. The number of aryl methyl sites for hydroxylation is 1. The molecule has 5 atom stereocenters. The fourth-order valence-corrected chi connectivity index (χ4v) is 4.58. The van der Waals surface area contributed by atoms with Gasteiger partial charge in [-0.1, -0.05) is 60.7 Å². The molecular weight excluding hydrogens is 391 g/mol. The molecule has 0 amide bonds. The maximum atomic E-state index is 10.7. The molecule has 0 aromatic heterocycles. The Kier molecular flexibility index (Phi) is 7.77. The molecule has 1 heterocycles. The van der Waals surface area contributed by atoms with Crippen molar-refractivity contribution >= 4 is 5.97 Å². The van der Waals surface area contributed by atoms with E-state index in [-0.39, 0.29) is 53.9 Å². The van der Waals surface area contributed by atoms with Crippen molar-refractivity contribution in [3.05, 3.63) is 77.4 Å². The number of hydrogen-bond donors (Lipinski definition) is 2. The van der Waals surface area contributed by atoms with Crippen LogP contribution in [0.5, 0.6) is 5.75 Å². The molecule has 2 aromatic carbocycles. The Morgan fingerprint density at radius 1 is 1.20 bits per heavy atom. The Morgan fingerprint density at radius 3 is 2.70 bits per heavy atom. The third kappa shape index (κ3) is 4.82. The monoisotopic (exact) mass is 416 g/mol. The fraction of sp³-hybridized carbons (Fsp3) is 0.375. The van der Waals surface area contributed by atoms with E-state index >= 15 is 0 Å². The van der Waals surface area contributed by atoms with Crippen molar-refractivity contribution < 1.29 is 54.4 Å². The minimum atomic E-state index is -1.04. The van der Waals surface area contributed by atoms with Gasteiger partial charge in [-0.2, -0.15) is 0 Å². The van der Waals surface area contributed by atoms with Crippen molar-refractivity contribution in [2.24, 2.45) is 5.92 Å². The Hall–Kier alpha value is -1.63. The van der Waals surface area contributed by atoms with Gasteiger partial charge < -0.3 is 24.9 Å². The van der Waals surface area contributed by atoms with E-state index in [2.05, 4.69) is 0 Å². The van der Waals surface area contributed by atoms with Crippen molar-refractivity contribution in [1.82, 2.24) is 0 Å². The maximum Gasteiger partial charge on any atom is 1.00 e. The molecule has 2 aliphatic rings.